The summed E-state index contributed by atoms with van der Waals surface area (Å²) in [5.74, 6) is -0.263. The number of hydrogen-bond donors (Lipinski definition) is 2. The largest absolute Gasteiger partial charge is 0.383 e. The maximum absolute atomic E-state index is 13.1. The molecule has 9 heteroatoms. The maximum Gasteiger partial charge on any atom is 0.333 e. The standard InChI is InChI=1S/C21H29N5O4/c1-3-8-25-19(22)18(24-9-11-30-12-10-24)20(28)26(21(25)29)14-17(27)23-13-16-6-4-15(2)5-7-16/h4-7H,3,8-14,22H2,1-2H3,(H,23,27). The average Bonchev–Trinajstić information content (AvgIpc) is 2.75. The van der Waals surface area contributed by atoms with Crippen molar-refractivity contribution in [3.05, 3.63) is 56.2 Å². The van der Waals surface area contributed by atoms with Crippen molar-refractivity contribution in [2.75, 3.05) is 36.9 Å². The number of benzene rings is 1. The number of nitrogens with two attached hydrogens (primary N) is 1. The summed E-state index contributed by atoms with van der Waals surface area (Å²) in [6.45, 7) is 6.20. The van der Waals surface area contributed by atoms with Gasteiger partial charge in [-0.25, -0.2) is 9.36 Å². The topological polar surface area (TPSA) is 112 Å². The third-order valence-electron chi connectivity index (χ3n) is 5.13. The van der Waals surface area contributed by atoms with Crippen LogP contribution in [0.15, 0.2) is 33.9 Å². The maximum atomic E-state index is 13.1. The number of ether oxygens (including phenoxy) is 1. The first kappa shape index (κ1) is 21.6. The zero-order chi connectivity index (χ0) is 21.7. The fourth-order valence-electron chi connectivity index (χ4n) is 3.47. The van der Waals surface area contributed by atoms with Crippen LogP contribution in [0.25, 0.3) is 0 Å². The van der Waals surface area contributed by atoms with E-state index in [0.717, 1.165) is 15.7 Å². The van der Waals surface area contributed by atoms with Crippen molar-refractivity contribution in [1.29, 1.82) is 0 Å². The van der Waals surface area contributed by atoms with E-state index in [1.54, 1.807) is 0 Å². The molecule has 1 aliphatic heterocycles. The fourth-order valence-corrected chi connectivity index (χ4v) is 3.47. The van der Waals surface area contributed by atoms with E-state index in [1.807, 2.05) is 43.0 Å². The number of amides is 1. The van der Waals surface area contributed by atoms with Gasteiger partial charge in [-0.05, 0) is 18.9 Å². The summed E-state index contributed by atoms with van der Waals surface area (Å²) in [4.78, 5) is 40.4. The Hall–Kier alpha value is -3.07. The molecule has 2 heterocycles. The lowest BCUT2D eigenvalue weighted by molar-refractivity contribution is -0.121. The minimum absolute atomic E-state index is 0.144. The van der Waals surface area contributed by atoms with E-state index < -0.39 is 17.2 Å². The Balaban J connectivity index is 1.87. The number of aryl methyl sites for hydroxylation is 1. The van der Waals surface area contributed by atoms with Gasteiger partial charge >= 0.3 is 5.69 Å². The van der Waals surface area contributed by atoms with Crippen LogP contribution in [0.4, 0.5) is 11.5 Å². The monoisotopic (exact) mass is 415 g/mol. The van der Waals surface area contributed by atoms with Crippen LogP contribution in [0.3, 0.4) is 0 Å². The van der Waals surface area contributed by atoms with E-state index in [9.17, 15) is 14.4 Å². The van der Waals surface area contributed by atoms with Gasteiger partial charge in [0.2, 0.25) is 5.91 Å². The molecule has 0 atom stereocenters. The van der Waals surface area contributed by atoms with Gasteiger partial charge in [0.25, 0.3) is 5.56 Å². The molecule has 0 bridgehead atoms. The number of carbonyl (C=O) groups is 1. The summed E-state index contributed by atoms with van der Waals surface area (Å²) in [6, 6.07) is 7.78. The Morgan fingerprint density at radius 3 is 2.43 bits per heavy atom. The average molecular weight is 415 g/mol. The van der Waals surface area contributed by atoms with Crippen LogP contribution in [0.1, 0.15) is 24.5 Å². The number of carbonyl (C=O) groups excluding carboxylic acids is 1. The Bertz CT molecular complexity index is 1000. The molecule has 30 heavy (non-hydrogen) atoms. The van der Waals surface area contributed by atoms with Gasteiger partial charge in [0.15, 0.2) is 0 Å². The summed E-state index contributed by atoms with van der Waals surface area (Å²) in [6.07, 6.45) is 0.671. The molecule has 0 aliphatic carbocycles. The third kappa shape index (κ3) is 4.73. The van der Waals surface area contributed by atoms with Gasteiger partial charge in [-0.3, -0.25) is 14.2 Å². The van der Waals surface area contributed by atoms with E-state index in [4.69, 9.17) is 10.5 Å². The highest BCUT2D eigenvalue weighted by Gasteiger charge is 2.24. The van der Waals surface area contributed by atoms with E-state index in [-0.39, 0.29) is 18.1 Å². The first-order valence-electron chi connectivity index (χ1n) is 10.2. The molecular weight excluding hydrogens is 386 g/mol. The van der Waals surface area contributed by atoms with Crippen LogP contribution in [-0.2, 0) is 29.2 Å². The molecule has 1 aromatic carbocycles. The van der Waals surface area contributed by atoms with Crippen LogP contribution in [0.2, 0.25) is 0 Å². The molecule has 1 aromatic heterocycles. The number of hydrogen-bond acceptors (Lipinski definition) is 6. The number of nitrogens with zero attached hydrogens (tertiary/aromatic N) is 3. The van der Waals surface area contributed by atoms with Crippen LogP contribution in [0, 0.1) is 6.92 Å². The first-order chi connectivity index (χ1) is 14.4. The number of morpholine rings is 1. The van der Waals surface area contributed by atoms with Crippen molar-refractivity contribution in [3.8, 4) is 0 Å². The lowest BCUT2D eigenvalue weighted by Crippen LogP contribution is -2.49. The van der Waals surface area contributed by atoms with Gasteiger partial charge in [-0.1, -0.05) is 36.8 Å². The second-order valence-corrected chi connectivity index (χ2v) is 7.42. The fraction of sp³-hybridized carbons (Fsp3) is 0.476. The number of rotatable bonds is 7. The molecule has 1 fully saturated rings. The highest BCUT2D eigenvalue weighted by molar-refractivity contribution is 5.76. The smallest absolute Gasteiger partial charge is 0.333 e. The molecule has 0 saturated carbocycles. The van der Waals surface area contributed by atoms with Gasteiger partial charge in [0.05, 0.1) is 13.2 Å². The summed E-state index contributed by atoms with van der Waals surface area (Å²) < 4.78 is 7.70. The van der Waals surface area contributed by atoms with Crippen molar-refractivity contribution in [3.63, 3.8) is 0 Å². The SMILES string of the molecule is CCCn1c(N)c(N2CCOCC2)c(=O)n(CC(=O)NCc2ccc(C)cc2)c1=O. The predicted octanol–water partition coefficient (Wildman–Crippen LogP) is 0.464. The van der Waals surface area contributed by atoms with E-state index >= 15 is 0 Å². The highest BCUT2D eigenvalue weighted by Crippen LogP contribution is 2.18. The molecular formula is C21H29N5O4. The third-order valence-corrected chi connectivity index (χ3v) is 5.13. The van der Waals surface area contributed by atoms with Crippen LogP contribution < -0.4 is 27.2 Å². The van der Waals surface area contributed by atoms with Crippen molar-refractivity contribution in [2.45, 2.75) is 39.9 Å². The quantitative estimate of drug-likeness (QED) is 0.680. The Morgan fingerprint density at radius 1 is 1.13 bits per heavy atom. The molecule has 0 radical (unpaired) electrons. The molecule has 0 spiro atoms. The Labute approximate surface area is 175 Å². The summed E-state index contributed by atoms with van der Waals surface area (Å²) in [7, 11) is 0. The van der Waals surface area contributed by atoms with Gasteiger partial charge in [0, 0.05) is 26.2 Å². The molecule has 1 saturated heterocycles. The van der Waals surface area contributed by atoms with Gasteiger partial charge < -0.3 is 20.7 Å². The predicted molar refractivity (Wildman–Crippen MR) is 116 cm³/mol. The highest BCUT2D eigenvalue weighted by atomic mass is 16.5. The van der Waals surface area contributed by atoms with Crippen LogP contribution >= 0.6 is 0 Å². The lowest BCUT2D eigenvalue weighted by Gasteiger charge is -2.30. The van der Waals surface area contributed by atoms with Crippen molar-refractivity contribution >= 4 is 17.4 Å². The lowest BCUT2D eigenvalue weighted by atomic mass is 10.1. The van der Waals surface area contributed by atoms with E-state index in [2.05, 4.69) is 5.32 Å². The second-order valence-electron chi connectivity index (χ2n) is 7.42. The number of nitrogen functional groups attached to an aromatic ring is 1. The minimum Gasteiger partial charge on any atom is -0.383 e. The number of nitrogens with one attached hydrogen (secondary N) is 1. The Kier molecular flexibility index (Phi) is 6.94. The van der Waals surface area contributed by atoms with Crippen LogP contribution in [-0.4, -0.2) is 41.3 Å². The summed E-state index contributed by atoms with van der Waals surface area (Å²) in [5.41, 5.74) is 7.44. The van der Waals surface area contributed by atoms with Crippen molar-refractivity contribution in [1.82, 2.24) is 14.5 Å². The van der Waals surface area contributed by atoms with E-state index in [1.165, 1.54) is 4.57 Å². The zero-order valence-electron chi connectivity index (χ0n) is 17.5. The number of aromatic nitrogens is 2. The minimum atomic E-state index is -0.568. The van der Waals surface area contributed by atoms with Crippen molar-refractivity contribution < 1.29 is 9.53 Å². The molecule has 3 rings (SSSR count). The van der Waals surface area contributed by atoms with Crippen LogP contribution in [0.5, 0.6) is 0 Å². The summed E-state index contributed by atoms with van der Waals surface area (Å²) >= 11 is 0. The second kappa shape index (κ2) is 9.62. The molecule has 2 aromatic rings. The molecule has 1 amide bonds. The normalized spacial score (nSPS) is 14.0. The first-order valence-corrected chi connectivity index (χ1v) is 10.2. The summed E-state index contributed by atoms with van der Waals surface area (Å²) in [5, 5.41) is 2.77. The molecule has 1 aliphatic rings. The molecule has 162 valence electrons. The van der Waals surface area contributed by atoms with E-state index in [0.29, 0.717) is 45.8 Å². The number of anilines is 2. The molecule has 3 N–H and O–H groups in total. The molecule has 9 nitrogen and oxygen atoms in total. The molecule has 0 unspecified atom stereocenters. The van der Waals surface area contributed by atoms with Gasteiger partial charge in [0.1, 0.15) is 18.1 Å². The Morgan fingerprint density at radius 2 is 1.80 bits per heavy atom. The van der Waals surface area contributed by atoms with Gasteiger partial charge in [-0.15, -0.1) is 0 Å². The van der Waals surface area contributed by atoms with Gasteiger partial charge in [-0.2, -0.15) is 0 Å². The zero-order valence-corrected chi connectivity index (χ0v) is 17.5. The van der Waals surface area contributed by atoms with Crippen molar-refractivity contribution in [2.24, 2.45) is 0 Å².